The van der Waals surface area contributed by atoms with E-state index in [9.17, 15) is 10.1 Å². The van der Waals surface area contributed by atoms with Crippen molar-refractivity contribution in [2.45, 2.75) is 76.8 Å². The molecular formula is C18H29N3O. The Morgan fingerprint density at radius 3 is 2.45 bits per heavy atom. The van der Waals surface area contributed by atoms with E-state index in [-0.39, 0.29) is 5.91 Å². The molecule has 0 aromatic carbocycles. The van der Waals surface area contributed by atoms with Crippen molar-refractivity contribution in [2.24, 2.45) is 5.41 Å². The normalized spacial score (nSPS) is 32.1. The Balaban J connectivity index is 1.77. The summed E-state index contributed by atoms with van der Waals surface area (Å²) in [6, 6.07) is 3.30. The summed E-state index contributed by atoms with van der Waals surface area (Å²) in [6.45, 7) is 5.33. The Morgan fingerprint density at radius 1 is 1.09 bits per heavy atom. The molecule has 4 nitrogen and oxygen atoms in total. The summed E-state index contributed by atoms with van der Waals surface area (Å²) in [5.74, 6) is 0.153. The van der Waals surface area contributed by atoms with Crippen LogP contribution < -0.4 is 0 Å². The number of nitriles is 1. The molecule has 0 bridgehead atoms. The van der Waals surface area contributed by atoms with Crippen LogP contribution in [0.5, 0.6) is 0 Å². The summed E-state index contributed by atoms with van der Waals surface area (Å²) in [7, 11) is 0. The third kappa shape index (κ3) is 2.65. The number of likely N-dealkylation sites (N-methyl/N-ethyl adjacent to an activating group) is 1. The first-order chi connectivity index (χ1) is 10.7. The van der Waals surface area contributed by atoms with Crippen molar-refractivity contribution in [3.63, 3.8) is 0 Å². The lowest BCUT2D eigenvalue weighted by molar-refractivity contribution is -0.142. The molecule has 0 N–H and O–H groups in total. The molecule has 1 aliphatic carbocycles. The Hall–Kier alpha value is -1.08. The van der Waals surface area contributed by atoms with Gasteiger partial charge in [-0.25, -0.2) is 0 Å². The van der Waals surface area contributed by atoms with E-state index in [1.165, 1.54) is 25.8 Å². The van der Waals surface area contributed by atoms with Gasteiger partial charge in [-0.15, -0.1) is 0 Å². The molecule has 2 heterocycles. The lowest BCUT2D eigenvalue weighted by Crippen LogP contribution is -2.52. The number of carbonyl (C=O) groups is 1. The average molecular weight is 303 g/mol. The molecule has 3 rings (SSSR count). The van der Waals surface area contributed by atoms with Gasteiger partial charge < -0.3 is 4.90 Å². The van der Waals surface area contributed by atoms with Crippen molar-refractivity contribution in [1.29, 1.82) is 5.26 Å². The van der Waals surface area contributed by atoms with E-state index in [0.29, 0.717) is 12.1 Å². The molecule has 0 aromatic heterocycles. The molecule has 2 aliphatic heterocycles. The first-order valence-corrected chi connectivity index (χ1v) is 9.18. The number of hydrogen-bond donors (Lipinski definition) is 0. The number of carbonyl (C=O) groups excluding carboxylic acids is 1. The van der Waals surface area contributed by atoms with Gasteiger partial charge in [0.2, 0.25) is 5.91 Å². The summed E-state index contributed by atoms with van der Waals surface area (Å²) in [5, 5.41) is 9.71. The molecule has 3 aliphatic rings. The predicted molar refractivity (Wildman–Crippen MR) is 86.1 cm³/mol. The first-order valence-electron chi connectivity index (χ1n) is 9.18. The van der Waals surface area contributed by atoms with Gasteiger partial charge in [0.1, 0.15) is 5.41 Å². The van der Waals surface area contributed by atoms with Crippen molar-refractivity contribution in [2.75, 3.05) is 19.6 Å². The van der Waals surface area contributed by atoms with Gasteiger partial charge in [0.15, 0.2) is 0 Å². The SMILES string of the molecule is CCN1CCC[C@@H]1[C@@H]1CCCN1C(=O)C1(C#N)CCCCC1. The number of likely N-dealkylation sites (tertiary alicyclic amines) is 2. The van der Waals surface area contributed by atoms with E-state index >= 15 is 0 Å². The lowest BCUT2D eigenvalue weighted by atomic mass is 9.74. The minimum absolute atomic E-state index is 0.153. The second-order valence-corrected chi connectivity index (χ2v) is 7.30. The van der Waals surface area contributed by atoms with Crippen LogP contribution in [-0.4, -0.2) is 47.4 Å². The highest BCUT2D eigenvalue weighted by atomic mass is 16.2. The van der Waals surface area contributed by atoms with Crippen molar-refractivity contribution >= 4 is 5.91 Å². The summed E-state index contributed by atoms with van der Waals surface area (Å²) < 4.78 is 0. The van der Waals surface area contributed by atoms with Gasteiger partial charge in [0.25, 0.3) is 0 Å². The van der Waals surface area contributed by atoms with Gasteiger partial charge in [0.05, 0.1) is 6.07 Å². The highest BCUT2D eigenvalue weighted by Crippen LogP contribution is 2.40. The van der Waals surface area contributed by atoms with Crippen LogP contribution in [0.2, 0.25) is 0 Å². The monoisotopic (exact) mass is 303 g/mol. The van der Waals surface area contributed by atoms with Gasteiger partial charge in [-0.3, -0.25) is 9.69 Å². The fourth-order valence-corrected chi connectivity index (χ4v) is 4.93. The molecule has 1 amide bonds. The van der Waals surface area contributed by atoms with Crippen LogP contribution in [0, 0.1) is 16.7 Å². The number of nitrogens with zero attached hydrogens (tertiary/aromatic N) is 3. The van der Waals surface area contributed by atoms with Gasteiger partial charge in [0, 0.05) is 18.6 Å². The zero-order valence-corrected chi connectivity index (χ0v) is 13.9. The summed E-state index contributed by atoms with van der Waals surface area (Å²) in [5.41, 5.74) is -0.712. The van der Waals surface area contributed by atoms with E-state index in [4.69, 9.17) is 0 Å². The van der Waals surface area contributed by atoms with Crippen LogP contribution in [0.4, 0.5) is 0 Å². The third-order valence-corrected chi connectivity index (χ3v) is 6.16. The van der Waals surface area contributed by atoms with E-state index in [1.54, 1.807) is 0 Å². The molecule has 22 heavy (non-hydrogen) atoms. The standard InChI is InChI=1S/C18H29N3O/c1-2-20-12-6-8-15(20)16-9-7-13-21(16)17(22)18(14-19)10-4-3-5-11-18/h15-16H,2-13H2,1H3/t15-,16+/m1/s1. The van der Waals surface area contributed by atoms with Crippen molar-refractivity contribution < 1.29 is 4.79 Å². The second-order valence-electron chi connectivity index (χ2n) is 7.30. The van der Waals surface area contributed by atoms with Gasteiger partial charge in [-0.2, -0.15) is 5.26 Å². The maximum absolute atomic E-state index is 13.2. The fourth-order valence-electron chi connectivity index (χ4n) is 4.93. The van der Waals surface area contributed by atoms with Crippen molar-refractivity contribution in [3.05, 3.63) is 0 Å². The fraction of sp³-hybridized carbons (Fsp3) is 0.889. The molecule has 2 atom stereocenters. The Morgan fingerprint density at radius 2 is 1.77 bits per heavy atom. The summed E-state index contributed by atoms with van der Waals surface area (Å²) >= 11 is 0. The molecule has 2 saturated heterocycles. The van der Waals surface area contributed by atoms with Crippen LogP contribution in [-0.2, 0) is 4.79 Å². The molecule has 0 spiro atoms. The Bertz CT molecular complexity index is 450. The summed E-state index contributed by atoms with van der Waals surface area (Å²) in [4.78, 5) is 17.8. The highest BCUT2D eigenvalue weighted by Gasteiger charge is 2.47. The zero-order valence-electron chi connectivity index (χ0n) is 13.9. The quantitative estimate of drug-likeness (QED) is 0.805. The lowest BCUT2D eigenvalue weighted by Gasteiger charge is -2.39. The topological polar surface area (TPSA) is 47.3 Å². The van der Waals surface area contributed by atoms with Crippen molar-refractivity contribution in [3.8, 4) is 6.07 Å². The Kier molecular flexibility index (Phi) is 4.73. The minimum Gasteiger partial charge on any atom is -0.337 e. The molecule has 4 heteroatoms. The van der Waals surface area contributed by atoms with Crippen molar-refractivity contribution in [1.82, 2.24) is 9.80 Å². The second kappa shape index (κ2) is 6.58. The van der Waals surface area contributed by atoms with E-state index < -0.39 is 5.41 Å². The van der Waals surface area contributed by atoms with Gasteiger partial charge >= 0.3 is 0 Å². The van der Waals surface area contributed by atoms with Crippen LogP contribution in [0.1, 0.15) is 64.7 Å². The molecule has 0 unspecified atom stereocenters. The molecule has 1 saturated carbocycles. The van der Waals surface area contributed by atoms with E-state index in [1.807, 2.05) is 0 Å². The molecule has 122 valence electrons. The van der Waals surface area contributed by atoms with E-state index in [0.717, 1.165) is 51.6 Å². The third-order valence-electron chi connectivity index (χ3n) is 6.16. The molecule has 0 radical (unpaired) electrons. The van der Waals surface area contributed by atoms with Gasteiger partial charge in [-0.05, 0) is 51.6 Å². The van der Waals surface area contributed by atoms with Crippen LogP contribution >= 0.6 is 0 Å². The molecule has 3 fully saturated rings. The zero-order chi connectivity index (χ0) is 15.6. The van der Waals surface area contributed by atoms with Crippen LogP contribution in [0.3, 0.4) is 0 Å². The maximum atomic E-state index is 13.2. The highest BCUT2D eigenvalue weighted by molar-refractivity contribution is 5.86. The minimum atomic E-state index is -0.712. The van der Waals surface area contributed by atoms with E-state index in [2.05, 4.69) is 22.8 Å². The molecule has 0 aromatic rings. The number of hydrogen-bond acceptors (Lipinski definition) is 3. The van der Waals surface area contributed by atoms with Gasteiger partial charge in [-0.1, -0.05) is 26.2 Å². The smallest absolute Gasteiger partial charge is 0.243 e. The average Bonchev–Trinajstić information content (AvgIpc) is 3.22. The summed E-state index contributed by atoms with van der Waals surface area (Å²) in [6.07, 6.45) is 9.46. The maximum Gasteiger partial charge on any atom is 0.243 e. The molecular weight excluding hydrogens is 274 g/mol. The van der Waals surface area contributed by atoms with Crippen LogP contribution in [0.15, 0.2) is 0 Å². The first kappa shape index (κ1) is 15.8. The van der Waals surface area contributed by atoms with Crippen LogP contribution in [0.25, 0.3) is 0 Å². The predicted octanol–water partition coefficient (Wildman–Crippen LogP) is 2.94. The largest absolute Gasteiger partial charge is 0.337 e. The number of amides is 1. The Labute approximate surface area is 134 Å². The number of rotatable bonds is 3.